The van der Waals surface area contributed by atoms with E-state index < -0.39 is 0 Å². The summed E-state index contributed by atoms with van der Waals surface area (Å²) in [6.07, 6.45) is 2.71. The normalized spacial score (nSPS) is 14.1. The van der Waals surface area contributed by atoms with Crippen molar-refractivity contribution in [1.29, 1.82) is 5.26 Å². The van der Waals surface area contributed by atoms with Crippen molar-refractivity contribution in [3.05, 3.63) is 53.7 Å². The van der Waals surface area contributed by atoms with Crippen LogP contribution in [0.4, 0.5) is 0 Å². The van der Waals surface area contributed by atoms with Crippen LogP contribution in [0.1, 0.15) is 17.7 Å². The Kier molecular flexibility index (Phi) is 10.2. The molecule has 0 amide bonds. The Hall–Kier alpha value is -3.09. The number of allylic oxidation sites excluding steroid dienone is 1. The lowest BCUT2D eigenvalue weighted by molar-refractivity contribution is 0.0358. The Balaban J connectivity index is 0.00000193. The third-order valence-corrected chi connectivity index (χ3v) is 5.25. The lowest BCUT2D eigenvalue weighted by Gasteiger charge is -2.26. The van der Waals surface area contributed by atoms with Crippen molar-refractivity contribution in [3.63, 3.8) is 0 Å². The van der Waals surface area contributed by atoms with E-state index in [-0.39, 0.29) is 17.9 Å². The van der Waals surface area contributed by atoms with Crippen molar-refractivity contribution in [2.45, 2.75) is 6.42 Å². The van der Waals surface area contributed by atoms with Gasteiger partial charge in [0.2, 0.25) is 0 Å². The lowest BCUT2D eigenvalue weighted by atomic mass is 10.1. The number of nitrogens with zero attached hydrogens (tertiary/aromatic N) is 3. The van der Waals surface area contributed by atoms with Gasteiger partial charge in [-0.3, -0.25) is 4.90 Å². The molecule has 1 aliphatic rings. The summed E-state index contributed by atoms with van der Waals surface area (Å²) < 4.78 is 22.1. The molecule has 176 valence electrons. The summed E-state index contributed by atoms with van der Waals surface area (Å²) in [6.45, 7) is 5.14. The lowest BCUT2D eigenvalue weighted by Crippen LogP contribution is -2.37. The maximum Gasteiger partial charge on any atom is 0.167 e. The van der Waals surface area contributed by atoms with Crippen LogP contribution in [0.3, 0.4) is 0 Å². The van der Waals surface area contributed by atoms with Gasteiger partial charge in [-0.15, -0.1) is 12.4 Å². The molecule has 3 aromatic rings. The van der Waals surface area contributed by atoms with Crippen LogP contribution in [0.25, 0.3) is 22.6 Å². The molecule has 1 saturated heterocycles. The van der Waals surface area contributed by atoms with E-state index in [9.17, 15) is 5.26 Å². The van der Waals surface area contributed by atoms with Crippen LogP contribution >= 0.6 is 12.4 Å². The summed E-state index contributed by atoms with van der Waals surface area (Å²) >= 11 is 0. The van der Waals surface area contributed by atoms with Crippen LogP contribution in [0.2, 0.25) is 0 Å². The molecule has 0 aliphatic carbocycles. The molecule has 0 saturated carbocycles. The second-order valence-corrected chi connectivity index (χ2v) is 7.26. The number of halogens is 1. The molecule has 2 aromatic carbocycles. The molecule has 4 rings (SSSR count). The van der Waals surface area contributed by atoms with Gasteiger partial charge in [-0.1, -0.05) is 23.4 Å². The van der Waals surface area contributed by atoms with E-state index in [1.165, 1.54) is 0 Å². The molecule has 0 unspecified atom stereocenters. The van der Waals surface area contributed by atoms with Crippen molar-refractivity contribution < 1.29 is 24.2 Å². The molecular weight excluding hydrogens is 446 g/mol. The Bertz CT molecular complexity index is 1100. The van der Waals surface area contributed by atoms with Gasteiger partial charge in [0.1, 0.15) is 23.3 Å². The predicted molar refractivity (Wildman–Crippen MR) is 129 cm³/mol. The fourth-order valence-corrected chi connectivity index (χ4v) is 3.57. The molecule has 1 aromatic heterocycles. The van der Waals surface area contributed by atoms with E-state index in [4.69, 9.17) is 18.7 Å². The summed E-state index contributed by atoms with van der Waals surface area (Å²) in [4.78, 5) is 2.39. The van der Waals surface area contributed by atoms with Gasteiger partial charge in [-0.25, -0.2) is 0 Å². The number of methoxy groups -OCH3 is 1. The Labute approximate surface area is 199 Å². The fraction of sp³-hybridized carbons (Fsp3) is 0.333. The molecule has 1 fully saturated rings. The average Bonchev–Trinajstić information content (AvgIpc) is 3.24. The number of hydrogen-bond donors (Lipinski definition) is 0. The van der Waals surface area contributed by atoms with Gasteiger partial charge < -0.3 is 24.2 Å². The smallest absolute Gasteiger partial charge is 0.167 e. The molecule has 0 bridgehead atoms. The standard InChI is InChI=1S/C24H25N3O4.ClH.H2O/c1-28-20-7-8-23-21(16-20)24(26-31-23)19(17-25)15-18-5-2-3-6-22(18)30-12-4-9-27-10-13-29-14-11-27;;/h2-3,5-8,15-16H,4,9-14H2,1H3;1H;1H2/b19-15+;;. The predicted octanol–water partition coefficient (Wildman–Crippen LogP) is 3.60. The highest BCUT2D eigenvalue weighted by Crippen LogP contribution is 2.30. The number of morpholine rings is 1. The Morgan fingerprint density at radius 2 is 2.00 bits per heavy atom. The summed E-state index contributed by atoms with van der Waals surface area (Å²) in [7, 11) is 1.60. The maximum absolute atomic E-state index is 9.81. The van der Waals surface area contributed by atoms with Gasteiger partial charge in [0.05, 0.1) is 37.9 Å². The molecule has 9 heteroatoms. The molecule has 8 nitrogen and oxygen atoms in total. The number of fused-ring (bicyclic) bond motifs is 1. The topological polar surface area (TPSA) is 112 Å². The summed E-state index contributed by atoms with van der Waals surface area (Å²) in [5.41, 5.74) is 2.31. The van der Waals surface area contributed by atoms with Crippen molar-refractivity contribution in [3.8, 4) is 17.6 Å². The SMILES string of the molecule is COc1ccc2onc(/C(C#N)=C/c3ccccc3OCCCN3CCOCC3)c2c1.Cl.O. The minimum atomic E-state index is 0. The molecule has 0 radical (unpaired) electrons. The van der Waals surface area contributed by atoms with E-state index in [1.807, 2.05) is 30.3 Å². The molecule has 2 N–H and O–H groups in total. The van der Waals surface area contributed by atoms with Gasteiger partial charge in [0.25, 0.3) is 0 Å². The van der Waals surface area contributed by atoms with Crippen LogP contribution in [-0.4, -0.2) is 62.1 Å². The van der Waals surface area contributed by atoms with Gasteiger partial charge >= 0.3 is 0 Å². The van der Waals surface area contributed by atoms with E-state index >= 15 is 0 Å². The first-order chi connectivity index (χ1) is 15.3. The van der Waals surface area contributed by atoms with Crippen molar-refractivity contribution in [1.82, 2.24) is 10.1 Å². The average molecular weight is 474 g/mol. The zero-order valence-corrected chi connectivity index (χ0v) is 19.3. The first kappa shape index (κ1) is 26.2. The molecule has 2 heterocycles. The van der Waals surface area contributed by atoms with E-state index in [0.29, 0.717) is 29.2 Å². The Morgan fingerprint density at radius 3 is 2.76 bits per heavy atom. The highest BCUT2D eigenvalue weighted by Gasteiger charge is 2.15. The summed E-state index contributed by atoms with van der Waals surface area (Å²) in [5, 5.41) is 14.7. The second-order valence-electron chi connectivity index (χ2n) is 7.26. The van der Waals surface area contributed by atoms with Crippen LogP contribution < -0.4 is 9.47 Å². The van der Waals surface area contributed by atoms with Crippen molar-refractivity contribution in [2.24, 2.45) is 0 Å². The highest BCUT2D eigenvalue weighted by molar-refractivity contribution is 5.99. The van der Waals surface area contributed by atoms with Gasteiger partial charge in [0.15, 0.2) is 5.58 Å². The molecule has 0 atom stereocenters. The van der Waals surface area contributed by atoms with Crippen LogP contribution in [0.5, 0.6) is 11.5 Å². The van der Waals surface area contributed by atoms with Gasteiger partial charge in [-0.2, -0.15) is 5.26 Å². The first-order valence-corrected chi connectivity index (χ1v) is 10.4. The number of para-hydroxylation sites is 1. The first-order valence-electron chi connectivity index (χ1n) is 10.4. The van der Waals surface area contributed by atoms with Crippen LogP contribution in [0, 0.1) is 11.3 Å². The van der Waals surface area contributed by atoms with Gasteiger partial charge in [-0.05, 0) is 36.8 Å². The summed E-state index contributed by atoms with van der Waals surface area (Å²) in [6, 6.07) is 15.3. The van der Waals surface area contributed by atoms with Gasteiger partial charge in [0, 0.05) is 25.2 Å². The maximum atomic E-state index is 9.81. The number of hydrogen-bond acceptors (Lipinski definition) is 7. The van der Waals surface area contributed by atoms with E-state index in [0.717, 1.165) is 56.0 Å². The Morgan fingerprint density at radius 1 is 1.21 bits per heavy atom. The number of nitriles is 1. The van der Waals surface area contributed by atoms with Crippen LogP contribution in [-0.2, 0) is 4.74 Å². The number of benzene rings is 2. The van der Waals surface area contributed by atoms with E-state index in [1.54, 1.807) is 25.3 Å². The molecular formula is C24H28ClN3O5. The summed E-state index contributed by atoms with van der Waals surface area (Å²) in [5.74, 6) is 1.42. The van der Waals surface area contributed by atoms with E-state index in [2.05, 4.69) is 16.1 Å². The zero-order chi connectivity index (χ0) is 21.5. The minimum Gasteiger partial charge on any atom is -0.497 e. The molecule has 0 spiro atoms. The highest BCUT2D eigenvalue weighted by atomic mass is 35.5. The third-order valence-electron chi connectivity index (χ3n) is 5.25. The quantitative estimate of drug-likeness (QED) is 0.363. The monoisotopic (exact) mass is 473 g/mol. The zero-order valence-electron chi connectivity index (χ0n) is 18.5. The second kappa shape index (κ2) is 12.8. The fourth-order valence-electron chi connectivity index (χ4n) is 3.57. The van der Waals surface area contributed by atoms with Crippen molar-refractivity contribution in [2.75, 3.05) is 46.6 Å². The number of ether oxygens (including phenoxy) is 3. The van der Waals surface area contributed by atoms with Crippen molar-refractivity contribution >= 4 is 35.0 Å². The van der Waals surface area contributed by atoms with Crippen LogP contribution in [0.15, 0.2) is 47.0 Å². The number of aromatic nitrogens is 1. The largest absolute Gasteiger partial charge is 0.497 e. The molecule has 1 aliphatic heterocycles. The number of rotatable bonds is 8. The molecule has 33 heavy (non-hydrogen) atoms. The third kappa shape index (κ3) is 6.46. The minimum absolute atomic E-state index is 0.